The van der Waals surface area contributed by atoms with Crippen molar-refractivity contribution in [3.8, 4) is 11.5 Å². The average molecular weight is 371 g/mol. The van der Waals surface area contributed by atoms with E-state index in [-0.39, 0.29) is 5.91 Å². The molecule has 0 heterocycles. The molecule has 6 heteroatoms. The number of amides is 1. The van der Waals surface area contributed by atoms with E-state index < -0.39 is 18.7 Å². The van der Waals surface area contributed by atoms with Crippen LogP contribution in [-0.4, -0.2) is 29.7 Å². The molecule has 6 nitrogen and oxygen atoms in total. The molecule has 0 saturated heterocycles. The average Bonchev–Trinajstić information content (AvgIpc) is 2.62. The van der Waals surface area contributed by atoms with Crippen LogP contribution in [0.25, 0.3) is 0 Å². The molecular formula is C21H25NO5. The second-order valence-electron chi connectivity index (χ2n) is 6.64. The summed E-state index contributed by atoms with van der Waals surface area (Å²) in [5.74, 6) is 0.146. The minimum Gasteiger partial charge on any atom is -0.482 e. The third-order valence-corrected chi connectivity index (χ3v) is 4.02. The lowest BCUT2D eigenvalue weighted by Gasteiger charge is -2.17. The zero-order chi connectivity index (χ0) is 20.0. The van der Waals surface area contributed by atoms with E-state index in [2.05, 4.69) is 19.2 Å². The molecule has 0 aliphatic heterocycles. The number of benzene rings is 2. The van der Waals surface area contributed by atoms with E-state index in [4.69, 9.17) is 14.6 Å². The fourth-order valence-corrected chi connectivity index (χ4v) is 2.45. The summed E-state index contributed by atoms with van der Waals surface area (Å²) < 4.78 is 10.9. The van der Waals surface area contributed by atoms with Crippen molar-refractivity contribution < 1.29 is 24.2 Å². The van der Waals surface area contributed by atoms with Crippen LogP contribution in [0.15, 0.2) is 42.5 Å². The minimum atomic E-state index is -1.04. The lowest BCUT2D eigenvalue weighted by Crippen LogP contribution is -2.30. The Kier molecular flexibility index (Phi) is 6.82. The first-order chi connectivity index (χ1) is 12.8. The van der Waals surface area contributed by atoms with Crippen LogP contribution in [0.2, 0.25) is 0 Å². The molecule has 2 N–H and O–H groups in total. The van der Waals surface area contributed by atoms with Crippen LogP contribution in [-0.2, 0) is 9.59 Å². The van der Waals surface area contributed by atoms with Gasteiger partial charge in [-0.25, -0.2) is 4.79 Å². The summed E-state index contributed by atoms with van der Waals surface area (Å²) in [5, 5.41) is 11.5. The molecule has 1 atom stereocenters. The quantitative estimate of drug-likeness (QED) is 0.733. The fourth-order valence-electron chi connectivity index (χ4n) is 2.45. The summed E-state index contributed by atoms with van der Waals surface area (Å²) in [5.41, 5.74) is 2.53. The van der Waals surface area contributed by atoms with E-state index in [1.54, 1.807) is 32.0 Å². The third kappa shape index (κ3) is 6.02. The van der Waals surface area contributed by atoms with E-state index in [0.717, 1.165) is 11.1 Å². The standard InChI is InChI=1S/C21H25NO5/c1-13(2)16-6-5-7-18(11-16)27-15(4)21(25)22-19-9-8-17(10-14(19)3)26-12-20(23)24/h5-11,13,15H,12H2,1-4H3,(H,22,25)(H,23,24). The maximum absolute atomic E-state index is 12.4. The Balaban J connectivity index is 1.99. The van der Waals surface area contributed by atoms with Crippen LogP contribution in [0.1, 0.15) is 37.8 Å². The van der Waals surface area contributed by atoms with Crippen LogP contribution in [0.3, 0.4) is 0 Å². The molecule has 0 saturated carbocycles. The van der Waals surface area contributed by atoms with E-state index >= 15 is 0 Å². The van der Waals surface area contributed by atoms with Gasteiger partial charge in [-0.15, -0.1) is 0 Å². The molecule has 27 heavy (non-hydrogen) atoms. The molecule has 0 aliphatic rings. The number of anilines is 1. The summed E-state index contributed by atoms with van der Waals surface area (Å²) in [4.78, 5) is 23.0. The van der Waals surface area contributed by atoms with Crippen molar-refractivity contribution in [3.05, 3.63) is 53.6 Å². The third-order valence-electron chi connectivity index (χ3n) is 4.02. The number of carboxylic acid groups (broad SMARTS) is 1. The molecule has 144 valence electrons. The van der Waals surface area contributed by atoms with Crippen LogP contribution in [0.5, 0.6) is 11.5 Å². The summed E-state index contributed by atoms with van der Waals surface area (Å²) in [6, 6.07) is 12.7. The lowest BCUT2D eigenvalue weighted by atomic mass is 10.0. The number of nitrogens with one attached hydrogen (secondary N) is 1. The number of hydrogen-bond donors (Lipinski definition) is 2. The van der Waals surface area contributed by atoms with Crippen LogP contribution in [0.4, 0.5) is 5.69 Å². The first-order valence-electron chi connectivity index (χ1n) is 8.79. The second-order valence-corrected chi connectivity index (χ2v) is 6.64. The maximum Gasteiger partial charge on any atom is 0.341 e. The Morgan fingerprint density at radius 3 is 2.44 bits per heavy atom. The highest BCUT2D eigenvalue weighted by atomic mass is 16.5. The fraction of sp³-hybridized carbons (Fsp3) is 0.333. The maximum atomic E-state index is 12.4. The van der Waals surface area contributed by atoms with Gasteiger partial charge in [0.1, 0.15) is 11.5 Å². The highest BCUT2D eigenvalue weighted by Crippen LogP contribution is 2.23. The molecule has 0 aromatic heterocycles. The Bertz CT molecular complexity index is 816. The summed E-state index contributed by atoms with van der Waals surface area (Å²) in [6.07, 6.45) is -0.672. The van der Waals surface area contributed by atoms with Crippen molar-refractivity contribution in [2.45, 2.75) is 39.7 Å². The second kappa shape index (κ2) is 9.07. The number of carboxylic acids is 1. The number of carbonyl (C=O) groups is 2. The predicted octanol–water partition coefficient (Wildman–Crippen LogP) is 3.99. The van der Waals surface area contributed by atoms with Crippen LogP contribution < -0.4 is 14.8 Å². The van der Waals surface area contributed by atoms with Crippen LogP contribution >= 0.6 is 0 Å². The van der Waals surface area contributed by atoms with Gasteiger partial charge in [0.2, 0.25) is 0 Å². The smallest absolute Gasteiger partial charge is 0.341 e. The number of aryl methyl sites for hydroxylation is 1. The normalized spacial score (nSPS) is 11.7. The van der Waals surface area contributed by atoms with Gasteiger partial charge >= 0.3 is 5.97 Å². The minimum absolute atomic E-state index is 0.271. The summed E-state index contributed by atoms with van der Waals surface area (Å²) in [7, 11) is 0. The topological polar surface area (TPSA) is 84.9 Å². The Morgan fingerprint density at radius 2 is 1.81 bits per heavy atom. The summed E-state index contributed by atoms with van der Waals surface area (Å²) in [6.45, 7) is 7.28. The van der Waals surface area contributed by atoms with Crippen LogP contribution in [0, 0.1) is 6.92 Å². The molecule has 0 spiro atoms. The van der Waals surface area contributed by atoms with Gasteiger partial charge in [-0.1, -0.05) is 26.0 Å². The van der Waals surface area contributed by atoms with Crippen molar-refractivity contribution in [3.63, 3.8) is 0 Å². The van der Waals surface area contributed by atoms with Crippen molar-refractivity contribution >= 4 is 17.6 Å². The van der Waals surface area contributed by atoms with E-state index in [9.17, 15) is 9.59 Å². The van der Waals surface area contributed by atoms with Gasteiger partial charge in [0.25, 0.3) is 5.91 Å². The van der Waals surface area contributed by atoms with E-state index in [1.165, 1.54) is 0 Å². The molecule has 1 unspecified atom stereocenters. The lowest BCUT2D eigenvalue weighted by molar-refractivity contribution is -0.139. The monoisotopic (exact) mass is 371 g/mol. The van der Waals surface area contributed by atoms with Gasteiger partial charge in [0, 0.05) is 5.69 Å². The predicted molar refractivity (Wildman–Crippen MR) is 104 cm³/mol. The molecule has 2 aromatic carbocycles. The zero-order valence-electron chi connectivity index (χ0n) is 16.0. The van der Waals surface area contributed by atoms with E-state index in [1.807, 2.05) is 24.3 Å². The largest absolute Gasteiger partial charge is 0.482 e. The Labute approximate surface area is 159 Å². The molecule has 0 fully saturated rings. The van der Waals surface area contributed by atoms with Crippen molar-refractivity contribution in [2.24, 2.45) is 0 Å². The number of rotatable bonds is 8. The SMILES string of the molecule is Cc1cc(OCC(=O)O)ccc1NC(=O)C(C)Oc1cccc(C(C)C)c1. The Hall–Kier alpha value is -3.02. The molecule has 2 aromatic rings. The highest BCUT2D eigenvalue weighted by Gasteiger charge is 2.16. The highest BCUT2D eigenvalue weighted by molar-refractivity contribution is 5.94. The van der Waals surface area contributed by atoms with E-state index in [0.29, 0.717) is 23.1 Å². The molecule has 2 rings (SSSR count). The number of aliphatic carboxylic acids is 1. The first-order valence-corrected chi connectivity index (χ1v) is 8.79. The van der Waals surface area contributed by atoms with Gasteiger partial charge in [-0.05, 0) is 61.2 Å². The first kappa shape index (κ1) is 20.3. The van der Waals surface area contributed by atoms with Gasteiger partial charge in [0.15, 0.2) is 12.7 Å². The number of hydrogen-bond acceptors (Lipinski definition) is 4. The Morgan fingerprint density at radius 1 is 1.07 bits per heavy atom. The molecule has 0 aliphatic carbocycles. The van der Waals surface area contributed by atoms with Crippen molar-refractivity contribution in [2.75, 3.05) is 11.9 Å². The van der Waals surface area contributed by atoms with Crippen molar-refractivity contribution in [1.82, 2.24) is 0 Å². The van der Waals surface area contributed by atoms with Gasteiger partial charge in [-0.3, -0.25) is 4.79 Å². The number of ether oxygens (including phenoxy) is 2. The number of carbonyl (C=O) groups excluding carboxylic acids is 1. The molecular weight excluding hydrogens is 346 g/mol. The van der Waals surface area contributed by atoms with Crippen molar-refractivity contribution in [1.29, 1.82) is 0 Å². The molecule has 1 amide bonds. The molecule has 0 radical (unpaired) electrons. The summed E-state index contributed by atoms with van der Waals surface area (Å²) >= 11 is 0. The molecule has 0 bridgehead atoms. The van der Waals surface area contributed by atoms with Gasteiger partial charge in [0.05, 0.1) is 0 Å². The van der Waals surface area contributed by atoms with Gasteiger partial charge < -0.3 is 19.9 Å². The zero-order valence-corrected chi connectivity index (χ0v) is 16.0. The van der Waals surface area contributed by atoms with Gasteiger partial charge in [-0.2, -0.15) is 0 Å².